The van der Waals surface area contributed by atoms with Gasteiger partial charge >= 0.3 is 0 Å². The monoisotopic (exact) mass is 280 g/mol. The van der Waals surface area contributed by atoms with E-state index in [1.165, 1.54) is 6.26 Å². The number of halogens is 1. The lowest BCUT2D eigenvalue weighted by molar-refractivity contribution is 0.102. The second kappa shape index (κ2) is 4.49. The Hall–Kier alpha value is -1.62. The highest BCUT2D eigenvalue weighted by Gasteiger charge is 2.09. The molecule has 0 bridgehead atoms. The van der Waals surface area contributed by atoms with E-state index in [-0.39, 0.29) is 5.91 Å². The van der Waals surface area contributed by atoms with E-state index in [0.29, 0.717) is 16.1 Å². The number of pyridine rings is 1. The molecule has 0 atom stereocenters. The van der Waals surface area contributed by atoms with Gasteiger partial charge in [0.2, 0.25) is 0 Å². The van der Waals surface area contributed by atoms with Crippen molar-refractivity contribution in [3.8, 4) is 0 Å². The fraction of sp³-hybridized carbons (Fsp3) is 0.0909. The minimum atomic E-state index is -0.243. The molecule has 5 heteroatoms. The molecule has 2 rings (SSSR count). The lowest BCUT2D eigenvalue weighted by Crippen LogP contribution is -2.11. The van der Waals surface area contributed by atoms with Gasteiger partial charge < -0.3 is 9.73 Å². The van der Waals surface area contributed by atoms with Gasteiger partial charge in [0.05, 0.1) is 5.56 Å². The minimum Gasteiger partial charge on any atom is -0.457 e. The molecule has 82 valence electrons. The molecule has 0 radical (unpaired) electrons. The van der Waals surface area contributed by atoms with E-state index in [9.17, 15) is 4.79 Å². The molecule has 16 heavy (non-hydrogen) atoms. The fourth-order valence-electron chi connectivity index (χ4n) is 1.22. The first-order chi connectivity index (χ1) is 7.65. The van der Waals surface area contributed by atoms with Crippen molar-refractivity contribution >= 4 is 27.7 Å². The second-order valence-electron chi connectivity index (χ2n) is 3.31. The number of hydrogen-bond acceptors (Lipinski definition) is 3. The van der Waals surface area contributed by atoms with E-state index >= 15 is 0 Å². The van der Waals surface area contributed by atoms with Crippen molar-refractivity contribution in [3.05, 3.63) is 46.5 Å². The largest absolute Gasteiger partial charge is 0.457 e. The summed E-state index contributed by atoms with van der Waals surface area (Å²) < 4.78 is 5.51. The van der Waals surface area contributed by atoms with E-state index in [1.54, 1.807) is 18.3 Å². The van der Waals surface area contributed by atoms with E-state index < -0.39 is 0 Å². The van der Waals surface area contributed by atoms with Gasteiger partial charge in [0.1, 0.15) is 12.1 Å². The van der Waals surface area contributed by atoms with Crippen LogP contribution >= 0.6 is 15.9 Å². The molecule has 0 aliphatic heterocycles. The molecule has 0 aliphatic rings. The van der Waals surface area contributed by atoms with Gasteiger partial charge in [-0.2, -0.15) is 0 Å². The molecule has 0 aliphatic carbocycles. The van der Waals surface area contributed by atoms with E-state index in [2.05, 4.69) is 26.2 Å². The van der Waals surface area contributed by atoms with Gasteiger partial charge in [-0.15, -0.1) is 0 Å². The molecule has 0 saturated heterocycles. The zero-order chi connectivity index (χ0) is 11.5. The molecule has 0 saturated carbocycles. The molecule has 0 spiro atoms. The van der Waals surface area contributed by atoms with Crippen LogP contribution in [0.15, 0.2) is 39.7 Å². The SMILES string of the molecule is Cc1ccnc(NC(=O)c2coc(Br)c2)c1. The zero-order valence-corrected chi connectivity index (χ0v) is 10.1. The van der Waals surface area contributed by atoms with Gasteiger partial charge in [0.15, 0.2) is 4.67 Å². The Balaban J connectivity index is 2.13. The number of furan rings is 1. The standard InChI is InChI=1S/C11H9BrN2O2/c1-7-2-3-13-10(4-7)14-11(15)8-5-9(12)16-6-8/h2-6H,1H3,(H,13,14,15). The Morgan fingerprint density at radius 1 is 1.50 bits per heavy atom. The van der Waals surface area contributed by atoms with Gasteiger partial charge in [-0.3, -0.25) is 4.79 Å². The average Bonchev–Trinajstić information content (AvgIpc) is 2.65. The third-order valence-corrected chi connectivity index (χ3v) is 2.40. The number of aromatic nitrogens is 1. The van der Waals surface area contributed by atoms with Crippen molar-refractivity contribution in [2.45, 2.75) is 6.92 Å². The third kappa shape index (κ3) is 2.49. The molecule has 1 amide bonds. The van der Waals surface area contributed by atoms with E-state index in [4.69, 9.17) is 4.42 Å². The number of carbonyl (C=O) groups is 1. The average molecular weight is 281 g/mol. The summed E-state index contributed by atoms with van der Waals surface area (Å²) in [6.45, 7) is 1.94. The lowest BCUT2D eigenvalue weighted by atomic mass is 10.3. The van der Waals surface area contributed by atoms with E-state index in [0.717, 1.165) is 5.56 Å². The Morgan fingerprint density at radius 3 is 2.94 bits per heavy atom. The van der Waals surface area contributed by atoms with Crippen LogP contribution in [-0.2, 0) is 0 Å². The highest BCUT2D eigenvalue weighted by molar-refractivity contribution is 9.10. The molecule has 2 heterocycles. The number of nitrogens with zero attached hydrogens (tertiary/aromatic N) is 1. The summed E-state index contributed by atoms with van der Waals surface area (Å²) >= 11 is 3.14. The Bertz CT molecular complexity index is 522. The van der Waals surface area contributed by atoms with Gasteiger partial charge in [-0.25, -0.2) is 4.98 Å². The molecule has 4 nitrogen and oxygen atoms in total. The molecular formula is C11H9BrN2O2. The van der Waals surface area contributed by atoms with Crippen molar-refractivity contribution in [2.24, 2.45) is 0 Å². The number of amides is 1. The number of rotatable bonds is 2. The summed E-state index contributed by atoms with van der Waals surface area (Å²) in [5.74, 6) is 0.287. The molecule has 2 aromatic heterocycles. The van der Waals surface area contributed by atoms with Crippen LogP contribution in [0.4, 0.5) is 5.82 Å². The van der Waals surface area contributed by atoms with Crippen LogP contribution in [0.1, 0.15) is 15.9 Å². The first-order valence-corrected chi connectivity index (χ1v) is 5.42. The fourth-order valence-corrected chi connectivity index (χ4v) is 1.56. The first kappa shape index (κ1) is 10.9. The summed E-state index contributed by atoms with van der Waals surface area (Å²) in [6, 6.07) is 5.27. The maximum atomic E-state index is 11.7. The lowest BCUT2D eigenvalue weighted by Gasteiger charge is -2.02. The molecule has 0 unspecified atom stereocenters. The number of anilines is 1. The van der Waals surface area contributed by atoms with Gasteiger partial charge in [0.25, 0.3) is 5.91 Å². The van der Waals surface area contributed by atoms with Crippen molar-refractivity contribution in [2.75, 3.05) is 5.32 Å². The predicted molar refractivity (Wildman–Crippen MR) is 63.3 cm³/mol. The van der Waals surface area contributed by atoms with Crippen LogP contribution in [0.3, 0.4) is 0 Å². The van der Waals surface area contributed by atoms with Crippen molar-refractivity contribution < 1.29 is 9.21 Å². The predicted octanol–water partition coefficient (Wildman–Crippen LogP) is 3.00. The van der Waals surface area contributed by atoms with Crippen molar-refractivity contribution in [3.63, 3.8) is 0 Å². The summed E-state index contributed by atoms with van der Waals surface area (Å²) in [5, 5.41) is 2.68. The van der Waals surface area contributed by atoms with Crippen LogP contribution in [0.5, 0.6) is 0 Å². The molecule has 2 aromatic rings. The van der Waals surface area contributed by atoms with Crippen LogP contribution in [0, 0.1) is 6.92 Å². The first-order valence-electron chi connectivity index (χ1n) is 4.63. The number of nitrogens with one attached hydrogen (secondary N) is 1. The van der Waals surface area contributed by atoms with E-state index in [1.807, 2.05) is 13.0 Å². The highest BCUT2D eigenvalue weighted by atomic mass is 79.9. The topological polar surface area (TPSA) is 55.1 Å². The normalized spacial score (nSPS) is 10.1. The summed E-state index contributed by atoms with van der Waals surface area (Å²) in [7, 11) is 0. The minimum absolute atomic E-state index is 0.243. The van der Waals surface area contributed by atoms with Crippen molar-refractivity contribution in [1.29, 1.82) is 0 Å². The summed E-state index contributed by atoms with van der Waals surface area (Å²) in [4.78, 5) is 15.7. The Labute approximate surface area is 101 Å². The molecule has 0 fully saturated rings. The molecule has 0 aromatic carbocycles. The van der Waals surface area contributed by atoms with Crippen LogP contribution < -0.4 is 5.32 Å². The zero-order valence-electron chi connectivity index (χ0n) is 8.53. The third-order valence-electron chi connectivity index (χ3n) is 1.99. The molecular weight excluding hydrogens is 272 g/mol. The Kier molecular flexibility index (Phi) is 3.05. The maximum absolute atomic E-state index is 11.7. The smallest absolute Gasteiger partial charge is 0.260 e. The number of hydrogen-bond donors (Lipinski definition) is 1. The van der Waals surface area contributed by atoms with Crippen molar-refractivity contribution in [1.82, 2.24) is 4.98 Å². The van der Waals surface area contributed by atoms with Gasteiger partial charge in [-0.05, 0) is 40.5 Å². The van der Waals surface area contributed by atoms with Crippen LogP contribution in [0.25, 0.3) is 0 Å². The summed E-state index contributed by atoms with van der Waals surface area (Å²) in [5.41, 5.74) is 1.49. The van der Waals surface area contributed by atoms with Gasteiger partial charge in [0, 0.05) is 12.3 Å². The summed E-state index contributed by atoms with van der Waals surface area (Å²) in [6.07, 6.45) is 3.03. The Morgan fingerprint density at radius 2 is 2.31 bits per heavy atom. The second-order valence-corrected chi connectivity index (χ2v) is 4.09. The van der Waals surface area contributed by atoms with Gasteiger partial charge in [-0.1, -0.05) is 0 Å². The highest BCUT2D eigenvalue weighted by Crippen LogP contribution is 2.15. The molecule has 1 N–H and O–H groups in total. The quantitative estimate of drug-likeness (QED) is 0.920. The van der Waals surface area contributed by atoms with Crippen LogP contribution in [-0.4, -0.2) is 10.9 Å². The van der Waals surface area contributed by atoms with Crippen LogP contribution in [0.2, 0.25) is 0 Å². The maximum Gasteiger partial charge on any atom is 0.260 e. The number of aryl methyl sites for hydroxylation is 1. The number of carbonyl (C=O) groups excluding carboxylic acids is 1.